The first-order valence-electron chi connectivity index (χ1n) is 12.1. The number of fused-ring (bicyclic) bond motifs is 2. The van der Waals surface area contributed by atoms with E-state index in [1.54, 1.807) is 12.0 Å². The summed E-state index contributed by atoms with van der Waals surface area (Å²) >= 11 is 0. The van der Waals surface area contributed by atoms with Gasteiger partial charge in [-0.05, 0) is 42.4 Å². The minimum absolute atomic E-state index is 0.0169. The molecule has 11 heteroatoms. The smallest absolute Gasteiger partial charge is 0.300 e. The van der Waals surface area contributed by atoms with Crippen molar-refractivity contribution in [1.29, 1.82) is 0 Å². The summed E-state index contributed by atoms with van der Waals surface area (Å²) in [6, 6.07) is 6.37. The van der Waals surface area contributed by atoms with Crippen LogP contribution in [0.1, 0.15) is 32.3 Å². The Morgan fingerprint density at radius 1 is 1.03 bits per heavy atom. The van der Waals surface area contributed by atoms with Crippen molar-refractivity contribution in [3.63, 3.8) is 0 Å². The van der Waals surface area contributed by atoms with Crippen LogP contribution in [0.3, 0.4) is 0 Å². The number of ether oxygens (including phenoxy) is 3. The van der Waals surface area contributed by atoms with Crippen molar-refractivity contribution in [2.45, 2.75) is 39.3 Å². The van der Waals surface area contributed by atoms with E-state index in [1.165, 1.54) is 18.4 Å². The monoisotopic (exact) mass is 509 g/mol. The van der Waals surface area contributed by atoms with Crippen molar-refractivity contribution in [3.05, 3.63) is 23.8 Å². The highest BCUT2D eigenvalue weighted by atomic mass is 16.5. The molecule has 36 heavy (non-hydrogen) atoms. The summed E-state index contributed by atoms with van der Waals surface area (Å²) in [6.07, 6.45) is 2.52. The molecule has 0 aromatic heterocycles. The second kappa shape index (κ2) is 14.6. The van der Waals surface area contributed by atoms with Crippen molar-refractivity contribution in [3.8, 4) is 11.5 Å². The Morgan fingerprint density at radius 2 is 1.58 bits per heavy atom. The van der Waals surface area contributed by atoms with Crippen molar-refractivity contribution in [1.82, 2.24) is 9.80 Å². The van der Waals surface area contributed by atoms with Crippen molar-refractivity contribution in [2.24, 2.45) is 17.6 Å². The van der Waals surface area contributed by atoms with Crippen LogP contribution in [0.15, 0.2) is 18.2 Å². The Labute approximate surface area is 212 Å². The van der Waals surface area contributed by atoms with Crippen LogP contribution in [0.2, 0.25) is 0 Å². The van der Waals surface area contributed by atoms with E-state index in [-0.39, 0.29) is 12.5 Å². The molecule has 2 bridgehead atoms. The molecule has 3 aliphatic rings. The molecule has 3 atom stereocenters. The first-order chi connectivity index (χ1) is 17.1. The molecule has 4 N–H and O–H groups in total. The number of morpholine rings is 1. The fraction of sp³-hybridized carbons (Fsp3) is 0.640. The Balaban J connectivity index is 0.000000501. The number of benzene rings is 1. The largest absolute Gasteiger partial charge is 0.493 e. The van der Waals surface area contributed by atoms with Crippen LogP contribution in [0.25, 0.3) is 0 Å². The summed E-state index contributed by atoms with van der Waals surface area (Å²) in [5.74, 6) is 0.857. The van der Waals surface area contributed by atoms with Crippen LogP contribution >= 0.6 is 0 Å². The van der Waals surface area contributed by atoms with E-state index in [4.69, 9.17) is 39.7 Å². The van der Waals surface area contributed by atoms with Gasteiger partial charge < -0.3 is 35.1 Å². The number of aliphatic carboxylic acids is 2. The summed E-state index contributed by atoms with van der Waals surface area (Å²) in [4.78, 5) is 34.6. The van der Waals surface area contributed by atoms with Gasteiger partial charge >= 0.3 is 0 Å². The maximum absolute atomic E-state index is 12.3. The summed E-state index contributed by atoms with van der Waals surface area (Å²) in [6.45, 7) is 7.66. The average molecular weight is 510 g/mol. The molecule has 1 saturated carbocycles. The zero-order valence-electron chi connectivity index (χ0n) is 21.4. The molecule has 0 radical (unpaired) electrons. The third kappa shape index (κ3) is 9.63. The number of carboxylic acids is 2. The molecule has 4 rings (SSSR count). The number of carbonyl (C=O) groups excluding carboxylic acids is 1. The van der Waals surface area contributed by atoms with Gasteiger partial charge in [-0.15, -0.1) is 0 Å². The van der Waals surface area contributed by atoms with E-state index in [0.717, 1.165) is 33.5 Å². The third-order valence-corrected chi connectivity index (χ3v) is 6.33. The molecule has 0 spiro atoms. The Morgan fingerprint density at radius 3 is 2.11 bits per heavy atom. The van der Waals surface area contributed by atoms with Crippen LogP contribution < -0.4 is 15.2 Å². The zero-order chi connectivity index (χ0) is 26.7. The van der Waals surface area contributed by atoms with Crippen LogP contribution in [0.4, 0.5) is 0 Å². The van der Waals surface area contributed by atoms with E-state index >= 15 is 0 Å². The van der Waals surface area contributed by atoms with Gasteiger partial charge in [0.1, 0.15) is 0 Å². The van der Waals surface area contributed by atoms with Crippen LogP contribution in [-0.2, 0) is 25.7 Å². The maximum atomic E-state index is 12.3. The molecule has 2 heterocycles. The van der Waals surface area contributed by atoms with E-state index < -0.39 is 11.9 Å². The molecular weight excluding hydrogens is 470 g/mol. The zero-order valence-corrected chi connectivity index (χ0v) is 21.4. The fourth-order valence-corrected chi connectivity index (χ4v) is 4.72. The average Bonchev–Trinajstić information content (AvgIpc) is 3.03. The second-order valence-electron chi connectivity index (χ2n) is 9.17. The first kappa shape index (κ1) is 29.3. The lowest BCUT2D eigenvalue weighted by Gasteiger charge is -2.36. The third-order valence-electron chi connectivity index (χ3n) is 6.33. The normalized spacial score (nSPS) is 22.9. The number of hydrogen-bond acceptors (Lipinski definition) is 8. The predicted octanol–water partition coefficient (Wildman–Crippen LogP) is 1.28. The maximum Gasteiger partial charge on any atom is 0.300 e. The molecular formula is C25H39N3O8. The quantitative estimate of drug-likeness (QED) is 0.511. The molecule has 1 aliphatic carbocycles. The van der Waals surface area contributed by atoms with Gasteiger partial charge in [-0.3, -0.25) is 19.3 Å². The number of amides is 1. The topological polar surface area (TPSA) is 152 Å². The molecule has 11 nitrogen and oxygen atoms in total. The number of nitrogens with two attached hydrogens (primary N) is 1. The van der Waals surface area contributed by atoms with Gasteiger partial charge in [-0.2, -0.15) is 0 Å². The summed E-state index contributed by atoms with van der Waals surface area (Å²) < 4.78 is 16.6. The molecule has 1 aromatic rings. The number of piperidine rings is 1. The number of nitrogens with zero attached hydrogens (tertiary/aromatic N) is 2. The van der Waals surface area contributed by atoms with E-state index in [1.807, 2.05) is 12.1 Å². The molecule has 1 amide bonds. The number of carboxylic acid groups (broad SMARTS) is 2. The summed E-state index contributed by atoms with van der Waals surface area (Å²) in [5, 5.41) is 14.8. The van der Waals surface area contributed by atoms with Gasteiger partial charge in [0.05, 0.1) is 20.3 Å². The Kier molecular flexibility index (Phi) is 11.9. The van der Waals surface area contributed by atoms with Gasteiger partial charge in [0, 0.05) is 52.6 Å². The molecule has 202 valence electrons. The number of methoxy groups -OCH3 is 1. The van der Waals surface area contributed by atoms with Crippen molar-refractivity contribution in [2.75, 3.05) is 53.1 Å². The summed E-state index contributed by atoms with van der Waals surface area (Å²) in [7, 11) is 1.63. The number of likely N-dealkylation sites (tertiary alicyclic amines) is 1. The molecule has 2 saturated heterocycles. The van der Waals surface area contributed by atoms with Crippen molar-refractivity contribution < 1.29 is 38.8 Å². The van der Waals surface area contributed by atoms with Gasteiger partial charge in [-0.1, -0.05) is 6.07 Å². The Hall–Kier alpha value is -2.89. The van der Waals surface area contributed by atoms with Gasteiger partial charge in [-0.25, -0.2) is 0 Å². The number of rotatable bonds is 6. The minimum atomic E-state index is -0.833. The molecule has 3 fully saturated rings. The fourth-order valence-electron chi connectivity index (χ4n) is 4.72. The highest BCUT2D eigenvalue weighted by Crippen LogP contribution is 2.36. The first-order valence-corrected chi connectivity index (χ1v) is 12.1. The lowest BCUT2D eigenvalue weighted by Crippen LogP contribution is -2.48. The summed E-state index contributed by atoms with van der Waals surface area (Å²) in [5.41, 5.74) is 7.51. The van der Waals surface area contributed by atoms with Gasteiger partial charge in [0.25, 0.3) is 17.8 Å². The molecule has 1 aromatic carbocycles. The van der Waals surface area contributed by atoms with Crippen LogP contribution in [0, 0.1) is 11.8 Å². The molecule has 2 aliphatic heterocycles. The number of hydrogen-bond donors (Lipinski definition) is 3. The standard InChI is InChI=1S/C21H31N3O4.2C2H4O2/c1-26-19-10-15(11-23-12-16-3-4-17(13-23)21(16)22)2-5-18(19)28-14-20(25)24-6-8-27-9-7-24;2*1-2(3)4/h2,5,10,16-17,21H,3-4,6-9,11-14,22H2,1H3;2*1H3,(H,3,4)/t16-,17+,21?;;. The highest BCUT2D eigenvalue weighted by Gasteiger charge is 2.39. The van der Waals surface area contributed by atoms with Gasteiger partial charge in [0.15, 0.2) is 18.1 Å². The Bertz CT molecular complexity index is 841. The van der Waals surface area contributed by atoms with E-state index in [0.29, 0.717) is 55.7 Å². The lowest BCUT2D eigenvalue weighted by atomic mass is 9.93. The van der Waals surface area contributed by atoms with Crippen LogP contribution in [-0.4, -0.2) is 97.0 Å². The highest BCUT2D eigenvalue weighted by molar-refractivity contribution is 5.78. The van der Waals surface area contributed by atoms with E-state index in [2.05, 4.69) is 11.0 Å². The van der Waals surface area contributed by atoms with Crippen molar-refractivity contribution >= 4 is 17.8 Å². The second-order valence-corrected chi connectivity index (χ2v) is 9.17. The predicted molar refractivity (Wildman–Crippen MR) is 132 cm³/mol. The molecule has 1 unspecified atom stereocenters. The van der Waals surface area contributed by atoms with Gasteiger partial charge in [0.2, 0.25) is 0 Å². The number of carbonyl (C=O) groups is 3. The minimum Gasteiger partial charge on any atom is -0.493 e. The van der Waals surface area contributed by atoms with Crippen LogP contribution in [0.5, 0.6) is 11.5 Å². The SMILES string of the molecule is CC(=O)O.CC(=O)O.COc1cc(CN2C[C@H]3CC[C@@H](C2)C3N)ccc1OCC(=O)N1CCOCC1. The van der Waals surface area contributed by atoms with E-state index in [9.17, 15) is 4.79 Å². The lowest BCUT2D eigenvalue weighted by molar-refractivity contribution is -0.137.